The summed E-state index contributed by atoms with van der Waals surface area (Å²) in [6.07, 6.45) is 2.58. The number of aryl methyl sites for hydroxylation is 1. The van der Waals surface area contributed by atoms with Gasteiger partial charge in [0.05, 0.1) is 17.3 Å². The fourth-order valence-electron chi connectivity index (χ4n) is 2.98. The third-order valence-electron chi connectivity index (χ3n) is 4.26. The van der Waals surface area contributed by atoms with E-state index >= 15 is 0 Å². The first-order valence-corrected chi connectivity index (χ1v) is 7.86. The van der Waals surface area contributed by atoms with Crippen molar-refractivity contribution in [1.82, 2.24) is 15.1 Å². The first-order chi connectivity index (χ1) is 9.76. The number of nitrogens with one attached hydrogen (secondary N) is 1. The molecule has 2 unspecified atom stereocenters. The lowest BCUT2D eigenvalue weighted by atomic mass is 9.92. The SMILES string of the molecule is CCCNC(C)(CC(C)n1nc(C)c(CC)c1C)C(N)=O. The molecule has 3 N–H and O–H groups in total. The van der Waals surface area contributed by atoms with Gasteiger partial charge in [-0.05, 0) is 59.1 Å². The number of hydrogen-bond acceptors (Lipinski definition) is 3. The third-order valence-corrected chi connectivity index (χ3v) is 4.26. The zero-order valence-corrected chi connectivity index (χ0v) is 14.3. The molecule has 0 aliphatic rings. The van der Waals surface area contributed by atoms with Crippen LogP contribution in [0.2, 0.25) is 0 Å². The highest BCUT2D eigenvalue weighted by Gasteiger charge is 2.33. The Morgan fingerprint density at radius 3 is 2.48 bits per heavy atom. The number of primary amides is 1. The lowest BCUT2D eigenvalue weighted by molar-refractivity contribution is -0.124. The highest BCUT2D eigenvalue weighted by atomic mass is 16.1. The van der Waals surface area contributed by atoms with Crippen molar-refractivity contribution in [3.63, 3.8) is 0 Å². The Bertz CT molecular complexity index is 495. The summed E-state index contributed by atoms with van der Waals surface area (Å²) in [5.74, 6) is -0.306. The summed E-state index contributed by atoms with van der Waals surface area (Å²) in [6, 6.07) is 0.117. The average Bonchev–Trinajstić information content (AvgIpc) is 2.71. The topological polar surface area (TPSA) is 72.9 Å². The van der Waals surface area contributed by atoms with E-state index in [-0.39, 0.29) is 11.9 Å². The Labute approximate surface area is 128 Å². The monoisotopic (exact) mass is 294 g/mol. The molecular weight excluding hydrogens is 264 g/mol. The number of hydrogen-bond donors (Lipinski definition) is 2. The van der Waals surface area contributed by atoms with Crippen LogP contribution in [0.15, 0.2) is 0 Å². The predicted octanol–water partition coefficient (Wildman–Crippen LogP) is 2.26. The van der Waals surface area contributed by atoms with E-state index in [1.807, 2.05) is 18.5 Å². The van der Waals surface area contributed by atoms with Crippen molar-refractivity contribution in [2.45, 2.75) is 72.4 Å². The van der Waals surface area contributed by atoms with Crippen LogP contribution in [0.4, 0.5) is 0 Å². The summed E-state index contributed by atoms with van der Waals surface area (Å²) in [5, 5.41) is 7.93. The minimum absolute atomic E-state index is 0.117. The summed E-state index contributed by atoms with van der Waals surface area (Å²) >= 11 is 0. The minimum Gasteiger partial charge on any atom is -0.368 e. The molecule has 0 fully saturated rings. The Balaban J connectivity index is 2.97. The number of aromatic nitrogens is 2. The number of nitrogens with two attached hydrogens (primary N) is 1. The zero-order chi connectivity index (χ0) is 16.2. The van der Waals surface area contributed by atoms with Crippen molar-refractivity contribution in [2.75, 3.05) is 6.54 Å². The number of carbonyl (C=O) groups is 1. The van der Waals surface area contributed by atoms with Gasteiger partial charge in [-0.25, -0.2) is 0 Å². The van der Waals surface area contributed by atoms with Gasteiger partial charge in [0.15, 0.2) is 0 Å². The second-order valence-corrected chi connectivity index (χ2v) is 6.12. The summed E-state index contributed by atoms with van der Waals surface area (Å²) in [6.45, 7) is 13.1. The van der Waals surface area contributed by atoms with E-state index < -0.39 is 5.54 Å². The van der Waals surface area contributed by atoms with E-state index in [1.165, 1.54) is 11.3 Å². The molecule has 0 radical (unpaired) electrons. The fourth-order valence-corrected chi connectivity index (χ4v) is 2.98. The maximum Gasteiger partial charge on any atom is 0.237 e. The molecule has 5 nitrogen and oxygen atoms in total. The Morgan fingerprint density at radius 1 is 1.43 bits per heavy atom. The normalized spacial score (nSPS) is 15.7. The van der Waals surface area contributed by atoms with Crippen molar-refractivity contribution in [1.29, 1.82) is 0 Å². The van der Waals surface area contributed by atoms with Crippen LogP contribution in [0.5, 0.6) is 0 Å². The Morgan fingerprint density at radius 2 is 2.05 bits per heavy atom. The van der Waals surface area contributed by atoms with Gasteiger partial charge in [0, 0.05) is 5.69 Å². The molecule has 5 heteroatoms. The molecule has 0 spiro atoms. The average molecular weight is 294 g/mol. The zero-order valence-electron chi connectivity index (χ0n) is 14.3. The van der Waals surface area contributed by atoms with E-state index in [4.69, 9.17) is 5.73 Å². The molecule has 1 rings (SSSR count). The maximum absolute atomic E-state index is 11.8. The van der Waals surface area contributed by atoms with Crippen molar-refractivity contribution in [2.24, 2.45) is 5.73 Å². The third kappa shape index (κ3) is 3.84. The molecule has 0 aliphatic carbocycles. The molecule has 0 aliphatic heterocycles. The molecule has 1 aromatic rings. The second-order valence-electron chi connectivity index (χ2n) is 6.12. The summed E-state index contributed by atoms with van der Waals surface area (Å²) in [4.78, 5) is 11.8. The first-order valence-electron chi connectivity index (χ1n) is 7.86. The van der Waals surface area contributed by atoms with Gasteiger partial charge in [-0.15, -0.1) is 0 Å². The lowest BCUT2D eigenvalue weighted by Crippen LogP contribution is -2.54. The van der Waals surface area contributed by atoms with E-state index in [9.17, 15) is 4.79 Å². The van der Waals surface area contributed by atoms with Gasteiger partial charge in [0.25, 0.3) is 0 Å². The number of rotatable bonds is 8. The van der Waals surface area contributed by atoms with E-state index in [0.29, 0.717) is 6.42 Å². The van der Waals surface area contributed by atoms with Gasteiger partial charge in [-0.2, -0.15) is 5.10 Å². The standard InChI is InChI=1S/C16H30N4O/c1-7-9-18-16(6,15(17)21)10-11(3)20-13(5)14(8-2)12(4)19-20/h11,18H,7-10H2,1-6H3,(H2,17,21). The number of nitrogens with zero attached hydrogens (tertiary/aromatic N) is 2. The quantitative estimate of drug-likeness (QED) is 0.772. The molecule has 1 amide bonds. The highest BCUT2D eigenvalue weighted by molar-refractivity contribution is 5.84. The Kier molecular flexibility index (Phi) is 5.96. The smallest absolute Gasteiger partial charge is 0.237 e. The summed E-state index contributed by atoms with van der Waals surface area (Å²) in [7, 11) is 0. The molecule has 0 saturated carbocycles. The van der Waals surface area contributed by atoms with Gasteiger partial charge in [0.2, 0.25) is 5.91 Å². The molecule has 120 valence electrons. The van der Waals surface area contributed by atoms with E-state index in [1.54, 1.807) is 0 Å². The van der Waals surface area contributed by atoms with Gasteiger partial charge in [-0.3, -0.25) is 9.48 Å². The molecule has 2 atom stereocenters. The number of amides is 1. The van der Waals surface area contributed by atoms with Crippen LogP contribution >= 0.6 is 0 Å². The maximum atomic E-state index is 11.8. The fraction of sp³-hybridized carbons (Fsp3) is 0.750. The van der Waals surface area contributed by atoms with Crippen LogP contribution in [0.1, 0.15) is 63.5 Å². The van der Waals surface area contributed by atoms with E-state index in [2.05, 4.69) is 38.1 Å². The van der Waals surface area contributed by atoms with Crippen LogP contribution in [-0.2, 0) is 11.2 Å². The van der Waals surface area contributed by atoms with Crippen LogP contribution in [0, 0.1) is 13.8 Å². The molecular formula is C16H30N4O. The van der Waals surface area contributed by atoms with Crippen LogP contribution in [0.25, 0.3) is 0 Å². The van der Waals surface area contributed by atoms with Crippen molar-refractivity contribution < 1.29 is 4.79 Å². The lowest BCUT2D eigenvalue weighted by Gasteiger charge is -2.31. The van der Waals surface area contributed by atoms with E-state index in [0.717, 1.165) is 25.1 Å². The second kappa shape index (κ2) is 7.07. The highest BCUT2D eigenvalue weighted by Crippen LogP contribution is 2.24. The Hall–Kier alpha value is -1.36. The molecule has 1 aromatic heterocycles. The largest absolute Gasteiger partial charge is 0.368 e. The van der Waals surface area contributed by atoms with Crippen LogP contribution < -0.4 is 11.1 Å². The summed E-state index contributed by atoms with van der Waals surface area (Å²) < 4.78 is 2.03. The molecule has 0 saturated heterocycles. The van der Waals surface area contributed by atoms with Crippen LogP contribution in [0.3, 0.4) is 0 Å². The summed E-state index contributed by atoms with van der Waals surface area (Å²) in [5.41, 5.74) is 8.46. The first kappa shape index (κ1) is 17.7. The van der Waals surface area contributed by atoms with Crippen molar-refractivity contribution in [3.8, 4) is 0 Å². The van der Waals surface area contributed by atoms with Crippen molar-refractivity contribution in [3.05, 3.63) is 17.0 Å². The number of carbonyl (C=O) groups excluding carboxylic acids is 1. The molecule has 21 heavy (non-hydrogen) atoms. The molecule has 0 aromatic carbocycles. The van der Waals surface area contributed by atoms with Crippen molar-refractivity contribution >= 4 is 5.91 Å². The minimum atomic E-state index is -0.700. The van der Waals surface area contributed by atoms with Gasteiger partial charge in [-0.1, -0.05) is 13.8 Å². The van der Waals surface area contributed by atoms with Gasteiger partial charge < -0.3 is 11.1 Å². The molecule has 1 heterocycles. The molecule has 0 bridgehead atoms. The predicted molar refractivity (Wildman–Crippen MR) is 86.3 cm³/mol. The van der Waals surface area contributed by atoms with Crippen LogP contribution in [-0.4, -0.2) is 27.8 Å². The van der Waals surface area contributed by atoms with Gasteiger partial charge >= 0.3 is 0 Å². The van der Waals surface area contributed by atoms with Gasteiger partial charge in [0.1, 0.15) is 0 Å².